The minimum absolute atomic E-state index is 0.186. The van der Waals surface area contributed by atoms with Crippen LogP contribution in [0, 0.1) is 11.3 Å². The van der Waals surface area contributed by atoms with Gasteiger partial charge >= 0.3 is 0 Å². The van der Waals surface area contributed by atoms with E-state index in [0.29, 0.717) is 6.42 Å². The third-order valence-electron chi connectivity index (χ3n) is 4.62. The highest BCUT2D eigenvalue weighted by Gasteiger charge is 2.23. The molecule has 4 rings (SSSR count). The molecule has 0 radical (unpaired) electrons. The minimum atomic E-state index is 0.186. The van der Waals surface area contributed by atoms with E-state index in [1.54, 1.807) is 0 Å². The number of anilines is 1. The van der Waals surface area contributed by atoms with Crippen LogP contribution in [0.5, 0.6) is 0 Å². The summed E-state index contributed by atoms with van der Waals surface area (Å²) >= 11 is 0. The van der Waals surface area contributed by atoms with Crippen molar-refractivity contribution >= 4 is 11.5 Å². The van der Waals surface area contributed by atoms with Gasteiger partial charge in [0.15, 0.2) is 5.65 Å². The van der Waals surface area contributed by atoms with Crippen molar-refractivity contribution in [2.75, 3.05) is 18.0 Å². The average Bonchev–Trinajstić information content (AvgIpc) is 3.05. The third kappa shape index (κ3) is 3.14. The Morgan fingerprint density at radius 2 is 1.85 bits per heavy atom. The summed E-state index contributed by atoms with van der Waals surface area (Å²) in [5, 5.41) is 13.7. The summed E-state index contributed by atoms with van der Waals surface area (Å²) in [6.45, 7) is 5.84. The number of aromatic nitrogens is 3. The maximum absolute atomic E-state index is 8.82. The number of hydrogen-bond acceptors (Lipinski definition) is 5. The van der Waals surface area contributed by atoms with Crippen molar-refractivity contribution in [2.45, 2.75) is 32.5 Å². The van der Waals surface area contributed by atoms with Crippen LogP contribution in [0.2, 0.25) is 0 Å². The van der Waals surface area contributed by atoms with Crippen LogP contribution in [0.15, 0.2) is 42.6 Å². The number of fused-ring (bicyclic) bond motifs is 1. The number of nitrogens with zero attached hydrogens (tertiary/aromatic N) is 5. The zero-order chi connectivity index (χ0) is 18.1. The van der Waals surface area contributed by atoms with Crippen LogP contribution in [0.4, 0.5) is 5.82 Å². The topological polar surface area (TPSA) is 66.5 Å². The maximum atomic E-state index is 8.82. The Kier molecular flexibility index (Phi) is 4.31. The van der Waals surface area contributed by atoms with Crippen LogP contribution in [0.3, 0.4) is 0 Å². The predicted octanol–water partition coefficient (Wildman–Crippen LogP) is 3.08. The molecule has 6 heteroatoms. The van der Waals surface area contributed by atoms with Gasteiger partial charge in [-0.1, -0.05) is 24.3 Å². The van der Waals surface area contributed by atoms with Gasteiger partial charge in [-0.15, -0.1) is 5.10 Å². The fraction of sp³-hybridized carbons (Fsp3) is 0.350. The number of imidazole rings is 1. The minimum Gasteiger partial charge on any atom is -0.372 e. The Balaban J connectivity index is 1.69. The molecule has 1 aromatic carbocycles. The van der Waals surface area contributed by atoms with Gasteiger partial charge in [-0.2, -0.15) is 5.26 Å². The molecule has 26 heavy (non-hydrogen) atoms. The molecule has 0 amide bonds. The lowest BCUT2D eigenvalue weighted by molar-refractivity contribution is -0.00551. The first-order valence-electron chi connectivity index (χ1n) is 8.85. The molecule has 0 N–H and O–H groups in total. The molecular formula is C20H21N5O. The lowest BCUT2D eigenvalue weighted by Gasteiger charge is -2.35. The Bertz CT molecular complexity index is 946. The molecule has 6 nitrogen and oxygen atoms in total. The van der Waals surface area contributed by atoms with Crippen LogP contribution in [-0.4, -0.2) is 39.9 Å². The van der Waals surface area contributed by atoms with Gasteiger partial charge in [0.25, 0.3) is 0 Å². The summed E-state index contributed by atoms with van der Waals surface area (Å²) in [7, 11) is 0. The molecule has 2 aromatic heterocycles. The van der Waals surface area contributed by atoms with Gasteiger partial charge in [-0.05, 0) is 31.5 Å². The van der Waals surface area contributed by atoms with Gasteiger partial charge < -0.3 is 9.64 Å². The van der Waals surface area contributed by atoms with Gasteiger partial charge in [0.05, 0.1) is 36.6 Å². The van der Waals surface area contributed by atoms with Crippen LogP contribution >= 0.6 is 0 Å². The fourth-order valence-corrected chi connectivity index (χ4v) is 3.48. The SMILES string of the molecule is C[C@@H]1CN(c2ccc3ncc(-c4ccc(CC#N)cc4)n3n2)C[C@H](C)O1. The predicted molar refractivity (Wildman–Crippen MR) is 100.0 cm³/mol. The zero-order valence-corrected chi connectivity index (χ0v) is 15.0. The molecule has 3 heterocycles. The number of hydrogen-bond donors (Lipinski definition) is 0. The molecule has 0 bridgehead atoms. The molecule has 0 spiro atoms. The van der Waals surface area contributed by atoms with E-state index in [2.05, 4.69) is 29.8 Å². The highest BCUT2D eigenvalue weighted by molar-refractivity contribution is 5.64. The first kappa shape index (κ1) is 16.6. The van der Waals surface area contributed by atoms with Crippen molar-refractivity contribution in [1.29, 1.82) is 5.26 Å². The standard InChI is InChI=1S/C20H21N5O/c1-14-12-24(13-15(2)26-14)20-8-7-19-22-11-18(25(19)23-20)17-5-3-16(4-6-17)9-10-21/h3-8,11,14-15H,9,12-13H2,1-2H3/t14-,15+. The fourth-order valence-electron chi connectivity index (χ4n) is 3.48. The van der Waals surface area contributed by atoms with E-state index in [4.69, 9.17) is 15.1 Å². The maximum Gasteiger partial charge on any atom is 0.154 e. The van der Waals surface area contributed by atoms with Crippen molar-refractivity contribution in [2.24, 2.45) is 0 Å². The molecule has 1 fully saturated rings. The van der Waals surface area contributed by atoms with E-state index in [1.165, 1.54) is 0 Å². The van der Waals surface area contributed by atoms with Crippen molar-refractivity contribution < 1.29 is 4.74 Å². The first-order valence-corrected chi connectivity index (χ1v) is 8.85. The first-order chi connectivity index (χ1) is 12.6. The average molecular weight is 347 g/mol. The van der Waals surface area contributed by atoms with Gasteiger partial charge in [0.2, 0.25) is 0 Å². The van der Waals surface area contributed by atoms with E-state index >= 15 is 0 Å². The lowest BCUT2D eigenvalue weighted by Crippen LogP contribution is -2.46. The van der Waals surface area contributed by atoms with E-state index in [-0.39, 0.29) is 12.2 Å². The molecule has 1 aliphatic rings. The van der Waals surface area contributed by atoms with Crippen molar-refractivity contribution in [1.82, 2.24) is 14.6 Å². The van der Waals surface area contributed by atoms with Crippen molar-refractivity contribution in [3.63, 3.8) is 0 Å². The van der Waals surface area contributed by atoms with E-state index in [0.717, 1.165) is 41.4 Å². The Labute approximate surface area is 152 Å². The molecule has 1 aliphatic heterocycles. The van der Waals surface area contributed by atoms with Crippen molar-refractivity contribution in [3.8, 4) is 17.3 Å². The largest absolute Gasteiger partial charge is 0.372 e. The lowest BCUT2D eigenvalue weighted by atomic mass is 10.1. The van der Waals surface area contributed by atoms with E-state index in [9.17, 15) is 0 Å². The number of ether oxygens (including phenoxy) is 1. The van der Waals surface area contributed by atoms with E-state index in [1.807, 2.05) is 47.1 Å². The molecule has 0 unspecified atom stereocenters. The summed E-state index contributed by atoms with van der Waals surface area (Å²) in [6.07, 6.45) is 2.64. The molecule has 0 saturated carbocycles. The smallest absolute Gasteiger partial charge is 0.154 e. The second-order valence-electron chi connectivity index (χ2n) is 6.80. The quantitative estimate of drug-likeness (QED) is 0.728. The van der Waals surface area contributed by atoms with E-state index < -0.39 is 0 Å². The Morgan fingerprint density at radius 3 is 2.54 bits per heavy atom. The number of nitriles is 1. The Hall–Kier alpha value is -2.91. The summed E-state index contributed by atoms with van der Waals surface area (Å²) in [4.78, 5) is 6.74. The summed E-state index contributed by atoms with van der Waals surface area (Å²) < 4.78 is 7.71. The molecule has 132 valence electrons. The monoisotopic (exact) mass is 347 g/mol. The normalized spacial score (nSPS) is 20.3. The number of benzene rings is 1. The summed E-state index contributed by atoms with van der Waals surface area (Å²) in [5.41, 5.74) is 3.81. The second-order valence-corrected chi connectivity index (χ2v) is 6.80. The van der Waals surface area contributed by atoms with Gasteiger partial charge in [-0.25, -0.2) is 9.50 Å². The second kappa shape index (κ2) is 6.77. The number of rotatable bonds is 3. The van der Waals surface area contributed by atoms with Crippen molar-refractivity contribution in [3.05, 3.63) is 48.2 Å². The summed E-state index contributed by atoms with van der Waals surface area (Å²) in [6, 6.07) is 14.2. The molecule has 2 atom stereocenters. The van der Waals surface area contributed by atoms with Crippen LogP contribution in [0.1, 0.15) is 19.4 Å². The Morgan fingerprint density at radius 1 is 1.12 bits per heavy atom. The van der Waals surface area contributed by atoms with Crippen LogP contribution in [-0.2, 0) is 11.2 Å². The highest BCUT2D eigenvalue weighted by Crippen LogP contribution is 2.24. The van der Waals surface area contributed by atoms with Crippen LogP contribution < -0.4 is 4.90 Å². The molecular weight excluding hydrogens is 326 g/mol. The van der Waals surface area contributed by atoms with Gasteiger partial charge in [0, 0.05) is 18.7 Å². The van der Waals surface area contributed by atoms with Crippen LogP contribution in [0.25, 0.3) is 16.9 Å². The molecule has 0 aliphatic carbocycles. The molecule has 3 aromatic rings. The molecule has 1 saturated heterocycles. The third-order valence-corrected chi connectivity index (χ3v) is 4.62. The number of morpholine rings is 1. The highest BCUT2D eigenvalue weighted by atomic mass is 16.5. The zero-order valence-electron chi connectivity index (χ0n) is 15.0. The van der Waals surface area contributed by atoms with Gasteiger partial charge in [-0.3, -0.25) is 0 Å². The van der Waals surface area contributed by atoms with Gasteiger partial charge in [0.1, 0.15) is 5.82 Å². The summed E-state index contributed by atoms with van der Waals surface area (Å²) in [5.74, 6) is 0.930.